The number of benzene rings is 1. The lowest BCUT2D eigenvalue weighted by molar-refractivity contribution is 0.0983. The molecule has 5 nitrogen and oxygen atoms in total. The second-order valence-corrected chi connectivity index (χ2v) is 5.72. The van der Waals surface area contributed by atoms with E-state index in [0.29, 0.717) is 18.1 Å². The Labute approximate surface area is 144 Å². The number of carbonyl (C=O) groups is 1. The number of hydrogen-bond donors (Lipinski definition) is 0. The average Bonchev–Trinajstić information content (AvgIpc) is 2.56. The molecule has 0 fully saturated rings. The molecule has 0 aliphatic heterocycles. The molecule has 0 saturated heterocycles. The predicted molar refractivity (Wildman–Crippen MR) is 98.9 cm³/mol. The molecule has 1 heterocycles. The van der Waals surface area contributed by atoms with Crippen LogP contribution in [0.5, 0.6) is 0 Å². The van der Waals surface area contributed by atoms with Gasteiger partial charge in [-0.2, -0.15) is 0 Å². The smallest absolute Gasteiger partial charge is 0.277 e. The van der Waals surface area contributed by atoms with Gasteiger partial charge in [0.1, 0.15) is 17.3 Å². The van der Waals surface area contributed by atoms with E-state index in [4.69, 9.17) is 0 Å². The minimum Gasteiger partial charge on any atom is -0.357 e. The summed E-state index contributed by atoms with van der Waals surface area (Å²) in [6.07, 6.45) is 0. The fourth-order valence-corrected chi connectivity index (χ4v) is 2.75. The number of carbonyl (C=O) groups excluding carboxylic acids is 1. The summed E-state index contributed by atoms with van der Waals surface area (Å²) < 4.78 is 0. The Hall–Kier alpha value is -2.43. The molecular weight excluding hydrogens is 300 g/mol. The molecule has 0 radical (unpaired) electrons. The maximum atomic E-state index is 13.0. The lowest BCUT2D eigenvalue weighted by Crippen LogP contribution is -2.32. The third-order valence-electron chi connectivity index (χ3n) is 4.01. The Morgan fingerprint density at radius 3 is 2.29 bits per heavy atom. The van der Waals surface area contributed by atoms with Crippen molar-refractivity contribution in [2.24, 2.45) is 0 Å². The van der Waals surface area contributed by atoms with Gasteiger partial charge in [-0.1, -0.05) is 12.1 Å². The third-order valence-corrected chi connectivity index (χ3v) is 4.01. The van der Waals surface area contributed by atoms with E-state index in [1.807, 2.05) is 45.0 Å². The van der Waals surface area contributed by atoms with E-state index in [-0.39, 0.29) is 5.91 Å². The lowest BCUT2D eigenvalue weighted by Gasteiger charge is -2.23. The van der Waals surface area contributed by atoms with E-state index in [0.717, 1.165) is 30.2 Å². The summed E-state index contributed by atoms with van der Waals surface area (Å²) in [6, 6.07) is 9.75. The molecule has 2 rings (SSSR count). The van der Waals surface area contributed by atoms with Crippen molar-refractivity contribution in [3.05, 3.63) is 47.4 Å². The van der Waals surface area contributed by atoms with E-state index in [1.165, 1.54) is 0 Å². The minimum absolute atomic E-state index is 0.0954. The Morgan fingerprint density at radius 1 is 1.00 bits per heavy atom. The first-order valence-corrected chi connectivity index (χ1v) is 8.49. The highest BCUT2D eigenvalue weighted by atomic mass is 16.2. The molecule has 0 atom stereocenters. The van der Waals surface area contributed by atoms with Crippen molar-refractivity contribution in [1.82, 2.24) is 9.97 Å². The molecule has 0 N–H and O–H groups in total. The van der Waals surface area contributed by atoms with Crippen LogP contribution in [0.15, 0.2) is 30.3 Å². The number of aromatic nitrogens is 2. The van der Waals surface area contributed by atoms with Gasteiger partial charge in [0.05, 0.1) is 0 Å². The highest BCUT2D eigenvalue weighted by Crippen LogP contribution is 2.20. The van der Waals surface area contributed by atoms with Crippen molar-refractivity contribution in [2.45, 2.75) is 34.6 Å². The molecule has 1 aromatic carbocycles. The van der Waals surface area contributed by atoms with Crippen LogP contribution in [-0.4, -0.2) is 35.5 Å². The summed E-state index contributed by atoms with van der Waals surface area (Å²) in [5.74, 6) is 1.32. The Bertz CT molecular complexity index is 710. The first-order chi connectivity index (χ1) is 11.5. The van der Waals surface area contributed by atoms with Crippen LogP contribution < -0.4 is 9.80 Å². The molecule has 128 valence electrons. The van der Waals surface area contributed by atoms with Crippen LogP contribution in [0, 0.1) is 13.8 Å². The van der Waals surface area contributed by atoms with Gasteiger partial charge in [-0.3, -0.25) is 4.79 Å². The van der Waals surface area contributed by atoms with Crippen molar-refractivity contribution in [3.63, 3.8) is 0 Å². The summed E-state index contributed by atoms with van der Waals surface area (Å²) >= 11 is 0. The van der Waals surface area contributed by atoms with Crippen molar-refractivity contribution >= 4 is 17.4 Å². The number of anilines is 2. The summed E-state index contributed by atoms with van der Waals surface area (Å²) in [6.45, 7) is 12.3. The van der Waals surface area contributed by atoms with Gasteiger partial charge in [0.2, 0.25) is 0 Å². The number of hydrogen-bond acceptors (Lipinski definition) is 4. The Morgan fingerprint density at radius 2 is 1.71 bits per heavy atom. The van der Waals surface area contributed by atoms with Gasteiger partial charge in [0, 0.05) is 31.4 Å². The Kier molecular flexibility index (Phi) is 5.90. The highest BCUT2D eigenvalue weighted by Gasteiger charge is 2.20. The van der Waals surface area contributed by atoms with Gasteiger partial charge >= 0.3 is 0 Å². The van der Waals surface area contributed by atoms with Gasteiger partial charge in [-0.25, -0.2) is 9.97 Å². The zero-order valence-electron chi connectivity index (χ0n) is 15.2. The van der Waals surface area contributed by atoms with Crippen LogP contribution in [-0.2, 0) is 0 Å². The average molecular weight is 326 g/mol. The molecule has 0 saturated carbocycles. The van der Waals surface area contributed by atoms with Crippen molar-refractivity contribution < 1.29 is 4.79 Å². The molecule has 1 amide bonds. The lowest BCUT2D eigenvalue weighted by atomic mass is 10.2. The number of amides is 1. The van der Waals surface area contributed by atoms with Gasteiger partial charge in [-0.15, -0.1) is 0 Å². The molecule has 0 bridgehead atoms. The summed E-state index contributed by atoms with van der Waals surface area (Å²) in [5.41, 5.74) is 2.46. The zero-order valence-corrected chi connectivity index (χ0v) is 15.2. The molecule has 0 spiro atoms. The van der Waals surface area contributed by atoms with E-state index in [1.54, 1.807) is 11.0 Å². The van der Waals surface area contributed by atoms with Crippen molar-refractivity contribution in [3.8, 4) is 0 Å². The van der Waals surface area contributed by atoms with E-state index in [2.05, 4.69) is 28.7 Å². The maximum absolute atomic E-state index is 13.0. The summed E-state index contributed by atoms with van der Waals surface area (Å²) in [4.78, 5) is 25.7. The molecule has 0 aliphatic carbocycles. The van der Waals surface area contributed by atoms with Gasteiger partial charge in [-0.05, 0) is 52.3 Å². The summed E-state index contributed by atoms with van der Waals surface area (Å²) in [5, 5.41) is 0. The van der Waals surface area contributed by atoms with E-state index < -0.39 is 0 Å². The number of aryl methyl sites for hydroxylation is 2. The van der Waals surface area contributed by atoms with Crippen molar-refractivity contribution in [1.29, 1.82) is 0 Å². The monoisotopic (exact) mass is 326 g/mol. The number of rotatable bonds is 6. The van der Waals surface area contributed by atoms with Crippen molar-refractivity contribution in [2.75, 3.05) is 29.4 Å². The quantitative estimate of drug-likeness (QED) is 0.814. The fourth-order valence-electron chi connectivity index (χ4n) is 2.75. The van der Waals surface area contributed by atoms with E-state index in [9.17, 15) is 4.79 Å². The maximum Gasteiger partial charge on any atom is 0.277 e. The van der Waals surface area contributed by atoms with Crippen LogP contribution in [0.2, 0.25) is 0 Å². The van der Waals surface area contributed by atoms with Crippen LogP contribution in [0.4, 0.5) is 11.5 Å². The first kappa shape index (κ1) is 17.9. The first-order valence-electron chi connectivity index (χ1n) is 8.49. The normalized spacial score (nSPS) is 10.5. The number of nitrogens with zero attached hydrogens (tertiary/aromatic N) is 4. The van der Waals surface area contributed by atoms with Gasteiger partial charge in [0.15, 0.2) is 0 Å². The second kappa shape index (κ2) is 7.90. The van der Waals surface area contributed by atoms with Gasteiger partial charge in [0.25, 0.3) is 5.91 Å². The molecular formula is C19H26N4O. The van der Waals surface area contributed by atoms with Gasteiger partial charge < -0.3 is 9.80 Å². The molecule has 0 aliphatic rings. The zero-order chi connectivity index (χ0) is 17.7. The van der Waals surface area contributed by atoms with Crippen LogP contribution in [0.1, 0.15) is 42.6 Å². The molecule has 5 heteroatoms. The van der Waals surface area contributed by atoms with Crippen LogP contribution >= 0.6 is 0 Å². The summed E-state index contributed by atoms with van der Waals surface area (Å²) in [7, 11) is 0. The van der Waals surface area contributed by atoms with E-state index >= 15 is 0 Å². The minimum atomic E-state index is -0.0954. The van der Waals surface area contributed by atoms with Crippen LogP contribution in [0.25, 0.3) is 0 Å². The fraction of sp³-hybridized carbons (Fsp3) is 0.421. The largest absolute Gasteiger partial charge is 0.357 e. The molecule has 1 aromatic heterocycles. The highest BCUT2D eigenvalue weighted by molar-refractivity contribution is 6.05. The molecule has 24 heavy (non-hydrogen) atoms. The Balaban J connectivity index is 2.40. The molecule has 0 unspecified atom stereocenters. The second-order valence-electron chi connectivity index (χ2n) is 5.72. The SMILES string of the molecule is CCN(CC)c1cc(C(=O)N(CC)c2cccc(C)c2)nc(C)n1. The van der Waals surface area contributed by atoms with Crippen LogP contribution in [0.3, 0.4) is 0 Å². The standard InChI is InChI=1S/C19H26N4O/c1-6-22(7-2)18-13-17(20-15(5)21-18)19(24)23(8-3)16-11-9-10-14(4)12-16/h9-13H,6-8H2,1-5H3. The third kappa shape index (κ3) is 3.91. The topological polar surface area (TPSA) is 49.3 Å². The predicted octanol–water partition coefficient (Wildman–Crippen LogP) is 3.61. The molecule has 2 aromatic rings.